The van der Waals surface area contributed by atoms with Crippen molar-refractivity contribution in [3.63, 3.8) is 0 Å². The van der Waals surface area contributed by atoms with Crippen LogP contribution in [0, 0.1) is 11.6 Å². The first-order valence-corrected chi connectivity index (χ1v) is 7.21. The maximum atomic E-state index is 13.4. The molecule has 0 spiro atoms. The highest BCUT2D eigenvalue weighted by atomic mass is 35.5. The number of rotatable bonds is 4. The highest BCUT2D eigenvalue weighted by molar-refractivity contribution is 6.30. The van der Waals surface area contributed by atoms with Crippen LogP contribution in [0.2, 0.25) is 5.02 Å². The number of hydrogen-bond donors (Lipinski definition) is 2. The number of amides is 2. The zero-order valence-corrected chi connectivity index (χ0v) is 13.3. The monoisotopic (exact) mass is 368 g/mol. The van der Waals surface area contributed by atoms with Crippen LogP contribution in [0.4, 0.5) is 8.78 Å². The second-order valence-corrected chi connectivity index (χ2v) is 5.15. The summed E-state index contributed by atoms with van der Waals surface area (Å²) in [6.45, 7) is -0.767. The van der Waals surface area contributed by atoms with Crippen LogP contribution in [0.25, 0.3) is 0 Å². The molecule has 2 aromatic carbocycles. The third-order valence-corrected chi connectivity index (χ3v) is 3.16. The summed E-state index contributed by atoms with van der Waals surface area (Å²) in [4.78, 5) is 34.9. The van der Waals surface area contributed by atoms with Gasteiger partial charge in [-0.1, -0.05) is 11.6 Å². The molecular formula is C16H11ClF2N2O4. The number of carbonyl (C=O) groups is 3. The Balaban J connectivity index is 1.81. The van der Waals surface area contributed by atoms with Gasteiger partial charge in [-0.15, -0.1) is 0 Å². The summed E-state index contributed by atoms with van der Waals surface area (Å²) in [5.41, 5.74) is 3.86. The maximum absolute atomic E-state index is 13.4. The Labute approximate surface area is 145 Å². The van der Waals surface area contributed by atoms with E-state index >= 15 is 0 Å². The van der Waals surface area contributed by atoms with Gasteiger partial charge < -0.3 is 4.74 Å². The molecule has 0 heterocycles. The minimum Gasteiger partial charge on any atom is -0.452 e. The molecule has 0 aliphatic heterocycles. The van der Waals surface area contributed by atoms with Gasteiger partial charge >= 0.3 is 5.97 Å². The van der Waals surface area contributed by atoms with Gasteiger partial charge in [-0.05, 0) is 36.4 Å². The van der Waals surface area contributed by atoms with Crippen LogP contribution in [0.5, 0.6) is 0 Å². The Morgan fingerprint density at radius 1 is 1.00 bits per heavy atom. The number of carbonyl (C=O) groups excluding carboxylic acids is 3. The maximum Gasteiger partial charge on any atom is 0.341 e. The topological polar surface area (TPSA) is 84.5 Å². The molecule has 0 fully saturated rings. The predicted molar refractivity (Wildman–Crippen MR) is 83.7 cm³/mol. The van der Waals surface area contributed by atoms with Crippen molar-refractivity contribution in [2.45, 2.75) is 0 Å². The van der Waals surface area contributed by atoms with Crippen LogP contribution in [0.15, 0.2) is 42.5 Å². The smallest absolute Gasteiger partial charge is 0.341 e. The van der Waals surface area contributed by atoms with E-state index in [1.807, 2.05) is 5.43 Å². The van der Waals surface area contributed by atoms with Gasteiger partial charge in [0.25, 0.3) is 11.8 Å². The summed E-state index contributed by atoms with van der Waals surface area (Å²) in [6.07, 6.45) is 0. The highest BCUT2D eigenvalue weighted by Gasteiger charge is 2.16. The predicted octanol–water partition coefficient (Wildman–Crippen LogP) is 2.24. The van der Waals surface area contributed by atoms with Gasteiger partial charge in [0.1, 0.15) is 11.6 Å². The molecule has 2 amide bonds. The molecule has 0 saturated heterocycles. The van der Waals surface area contributed by atoms with E-state index in [4.69, 9.17) is 11.6 Å². The van der Waals surface area contributed by atoms with E-state index in [2.05, 4.69) is 10.2 Å². The number of nitrogens with one attached hydrogen (secondary N) is 2. The minimum absolute atomic E-state index is 0.245. The van der Waals surface area contributed by atoms with E-state index in [0.29, 0.717) is 11.1 Å². The van der Waals surface area contributed by atoms with Crippen LogP contribution in [0.3, 0.4) is 0 Å². The largest absolute Gasteiger partial charge is 0.452 e. The summed E-state index contributed by atoms with van der Waals surface area (Å²) < 4.78 is 30.7. The number of hydrazine groups is 1. The molecule has 2 rings (SSSR count). The van der Waals surface area contributed by atoms with E-state index in [9.17, 15) is 23.2 Å². The second kappa shape index (κ2) is 8.20. The van der Waals surface area contributed by atoms with Crippen LogP contribution in [0.1, 0.15) is 20.7 Å². The molecule has 0 aromatic heterocycles. The molecule has 6 nitrogen and oxygen atoms in total. The minimum atomic E-state index is -1.14. The first-order valence-electron chi connectivity index (χ1n) is 6.84. The Morgan fingerprint density at radius 2 is 1.68 bits per heavy atom. The molecular weight excluding hydrogens is 358 g/mol. The van der Waals surface area contributed by atoms with Crippen molar-refractivity contribution in [3.05, 3.63) is 70.2 Å². The quantitative estimate of drug-likeness (QED) is 0.640. The highest BCUT2D eigenvalue weighted by Crippen LogP contribution is 2.11. The zero-order chi connectivity index (χ0) is 18.4. The van der Waals surface area contributed by atoms with Crippen molar-refractivity contribution in [3.8, 4) is 0 Å². The average Bonchev–Trinajstić information content (AvgIpc) is 2.58. The van der Waals surface area contributed by atoms with Crippen LogP contribution in [-0.2, 0) is 9.53 Å². The van der Waals surface area contributed by atoms with Gasteiger partial charge in [-0.25, -0.2) is 13.6 Å². The Hall–Kier alpha value is -3.00. The number of benzene rings is 2. The van der Waals surface area contributed by atoms with Crippen molar-refractivity contribution >= 4 is 29.4 Å². The van der Waals surface area contributed by atoms with Crippen LogP contribution in [-0.4, -0.2) is 24.4 Å². The van der Waals surface area contributed by atoms with E-state index in [1.165, 1.54) is 24.3 Å². The first-order chi connectivity index (χ1) is 11.9. The molecule has 0 radical (unpaired) electrons. The number of halogens is 3. The summed E-state index contributed by atoms with van der Waals surface area (Å²) in [5, 5.41) is 0.445. The van der Waals surface area contributed by atoms with Crippen molar-refractivity contribution < 1.29 is 27.9 Å². The normalized spacial score (nSPS) is 10.0. The Bertz CT molecular complexity index is 812. The first kappa shape index (κ1) is 18.3. The fourth-order valence-corrected chi connectivity index (χ4v) is 1.83. The molecule has 2 aromatic rings. The number of hydrogen-bond acceptors (Lipinski definition) is 4. The van der Waals surface area contributed by atoms with E-state index < -0.39 is 41.6 Å². The number of ether oxygens (including phenoxy) is 1. The lowest BCUT2D eigenvalue weighted by molar-refractivity contribution is -0.125. The van der Waals surface area contributed by atoms with Crippen LogP contribution >= 0.6 is 11.6 Å². The van der Waals surface area contributed by atoms with E-state index in [-0.39, 0.29) is 5.56 Å². The van der Waals surface area contributed by atoms with Gasteiger partial charge in [-0.3, -0.25) is 20.4 Å². The van der Waals surface area contributed by atoms with E-state index in [0.717, 1.165) is 12.1 Å². The average molecular weight is 369 g/mol. The third-order valence-electron chi connectivity index (χ3n) is 2.91. The fraction of sp³-hybridized carbons (Fsp3) is 0.0625. The van der Waals surface area contributed by atoms with Gasteiger partial charge in [-0.2, -0.15) is 0 Å². The Morgan fingerprint density at radius 3 is 2.32 bits per heavy atom. The second-order valence-electron chi connectivity index (χ2n) is 4.71. The molecule has 0 unspecified atom stereocenters. The molecule has 0 aliphatic carbocycles. The van der Waals surface area contributed by atoms with Gasteiger partial charge in [0.2, 0.25) is 0 Å². The lowest BCUT2D eigenvalue weighted by Gasteiger charge is -2.08. The van der Waals surface area contributed by atoms with Crippen molar-refractivity contribution in [1.82, 2.24) is 10.9 Å². The lowest BCUT2D eigenvalue weighted by atomic mass is 10.2. The van der Waals surface area contributed by atoms with Gasteiger partial charge in [0, 0.05) is 16.7 Å². The molecule has 9 heteroatoms. The van der Waals surface area contributed by atoms with Gasteiger partial charge in [0.15, 0.2) is 6.61 Å². The fourth-order valence-electron chi connectivity index (χ4n) is 1.70. The standard InChI is InChI=1S/C16H11ClF2N2O4/c17-10-3-1-9(2-4-10)15(23)21-20-14(22)8-25-16(24)12-6-5-11(18)7-13(12)19/h1-7H,8H2,(H,20,22)(H,21,23). The van der Waals surface area contributed by atoms with Crippen molar-refractivity contribution in [2.24, 2.45) is 0 Å². The Kier molecular flexibility index (Phi) is 6.02. The number of esters is 1. The molecule has 0 bridgehead atoms. The summed E-state index contributed by atoms with van der Waals surface area (Å²) >= 11 is 5.69. The van der Waals surface area contributed by atoms with Crippen LogP contribution < -0.4 is 10.9 Å². The molecule has 0 aliphatic rings. The molecule has 0 atom stereocenters. The van der Waals surface area contributed by atoms with Crippen molar-refractivity contribution in [1.29, 1.82) is 0 Å². The van der Waals surface area contributed by atoms with E-state index in [1.54, 1.807) is 0 Å². The lowest BCUT2D eigenvalue weighted by Crippen LogP contribution is -2.43. The summed E-state index contributed by atoms with van der Waals surface area (Å²) in [6, 6.07) is 8.18. The van der Waals surface area contributed by atoms with Gasteiger partial charge in [0.05, 0.1) is 5.56 Å². The molecule has 0 saturated carbocycles. The van der Waals surface area contributed by atoms with Crippen molar-refractivity contribution in [2.75, 3.05) is 6.61 Å². The SMILES string of the molecule is O=C(COC(=O)c1ccc(F)cc1F)NNC(=O)c1ccc(Cl)cc1. The molecule has 2 N–H and O–H groups in total. The summed E-state index contributed by atoms with van der Waals surface area (Å²) in [5.74, 6) is -4.56. The molecule has 25 heavy (non-hydrogen) atoms. The third kappa shape index (κ3) is 5.25. The summed E-state index contributed by atoms with van der Waals surface area (Å²) in [7, 11) is 0. The zero-order valence-electron chi connectivity index (χ0n) is 12.5. The molecule has 130 valence electrons.